The highest BCUT2D eigenvalue weighted by molar-refractivity contribution is 8.00. The minimum absolute atomic E-state index is 0.0820. The predicted molar refractivity (Wildman–Crippen MR) is 98.3 cm³/mol. The molecular weight excluding hydrogens is 338 g/mol. The van der Waals surface area contributed by atoms with Crippen LogP contribution in [-0.4, -0.2) is 37.9 Å². The molecule has 2 aromatic carbocycles. The first-order valence-electron chi connectivity index (χ1n) is 7.92. The molecule has 1 amide bonds. The van der Waals surface area contributed by atoms with Crippen molar-refractivity contribution in [3.8, 4) is 17.2 Å². The molecular formula is C19H21NO4S. The quantitative estimate of drug-likeness (QED) is 0.790. The number of benzene rings is 2. The summed E-state index contributed by atoms with van der Waals surface area (Å²) in [6.07, 6.45) is 0. The van der Waals surface area contributed by atoms with E-state index in [1.807, 2.05) is 47.4 Å². The monoisotopic (exact) mass is 359 g/mol. The van der Waals surface area contributed by atoms with Crippen molar-refractivity contribution in [3.05, 3.63) is 53.6 Å². The third-order valence-corrected chi connectivity index (χ3v) is 5.42. The van der Waals surface area contributed by atoms with Gasteiger partial charge in [0.25, 0.3) is 0 Å². The zero-order chi connectivity index (χ0) is 17.8. The fourth-order valence-corrected chi connectivity index (χ4v) is 4.06. The van der Waals surface area contributed by atoms with E-state index in [1.165, 1.54) is 0 Å². The molecule has 1 saturated heterocycles. The van der Waals surface area contributed by atoms with Gasteiger partial charge in [-0.05, 0) is 23.8 Å². The average molecular weight is 359 g/mol. The van der Waals surface area contributed by atoms with Gasteiger partial charge in [-0.15, -0.1) is 11.8 Å². The summed E-state index contributed by atoms with van der Waals surface area (Å²) in [5, 5.41) is -0.0820. The highest BCUT2D eigenvalue weighted by atomic mass is 32.2. The van der Waals surface area contributed by atoms with E-state index in [-0.39, 0.29) is 11.3 Å². The van der Waals surface area contributed by atoms with Crippen molar-refractivity contribution in [3.63, 3.8) is 0 Å². The number of hydrogen-bond donors (Lipinski definition) is 0. The molecule has 0 saturated carbocycles. The van der Waals surface area contributed by atoms with Gasteiger partial charge in [-0.3, -0.25) is 4.79 Å². The number of amides is 1. The molecule has 132 valence electrons. The summed E-state index contributed by atoms with van der Waals surface area (Å²) >= 11 is 1.61. The summed E-state index contributed by atoms with van der Waals surface area (Å²) in [5.41, 5.74) is 1.97. The number of para-hydroxylation sites is 1. The summed E-state index contributed by atoms with van der Waals surface area (Å²) < 4.78 is 16.1. The van der Waals surface area contributed by atoms with Crippen molar-refractivity contribution in [2.45, 2.75) is 11.9 Å². The first-order chi connectivity index (χ1) is 12.2. The minimum Gasteiger partial charge on any atom is -0.497 e. The molecule has 1 heterocycles. The highest BCUT2D eigenvalue weighted by Gasteiger charge is 2.33. The van der Waals surface area contributed by atoms with Crippen LogP contribution < -0.4 is 14.2 Å². The van der Waals surface area contributed by atoms with Crippen molar-refractivity contribution in [2.24, 2.45) is 0 Å². The van der Waals surface area contributed by atoms with Gasteiger partial charge in [0.1, 0.15) is 22.6 Å². The maximum Gasteiger partial charge on any atom is 0.234 e. The van der Waals surface area contributed by atoms with Gasteiger partial charge in [0.05, 0.1) is 33.6 Å². The smallest absolute Gasteiger partial charge is 0.234 e. The van der Waals surface area contributed by atoms with Gasteiger partial charge in [0, 0.05) is 11.6 Å². The van der Waals surface area contributed by atoms with E-state index in [0.717, 1.165) is 16.9 Å². The van der Waals surface area contributed by atoms with E-state index >= 15 is 0 Å². The van der Waals surface area contributed by atoms with Crippen molar-refractivity contribution < 1.29 is 19.0 Å². The van der Waals surface area contributed by atoms with E-state index in [1.54, 1.807) is 33.1 Å². The predicted octanol–water partition coefficient (Wildman–Crippen LogP) is 3.49. The molecule has 0 aromatic heterocycles. The van der Waals surface area contributed by atoms with E-state index in [2.05, 4.69) is 0 Å². The molecule has 0 bridgehead atoms. The van der Waals surface area contributed by atoms with Crippen LogP contribution in [0.3, 0.4) is 0 Å². The molecule has 1 aliphatic rings. The second-order valence-electron chi connectivity index (χ2n) is 5.64. The zero-order valence-corrected chi connectivity index (χ0v) is 15.3. The number of methoxy groups -OCH3 is 3. The SMILES string of the molecule is COc1cc(OC)cc(C2SCC(=O)N2Cc2ccccc2OC)c1. The summed E-state index contributed by atoms with van der Waals surface area (Å²) in [5.74, 6) is 2.79. The molecule has 5 nitrogen and oxygen atoms in total. The van der Waals surface area contributed by atoms with Crippen molar-refractivity contribution >= 4 is 17.7 Å². The number of carbonyl (C=O) groups excluding carboxylic acids is 1. The van der Waals surface area contributed by atoms with Crippen molar-refractivity contribution in [1.82, 2.24) is 4.90 Å². The van der Waals surface area contributed by atoms with Crippen LogP contribution in [0.5, 0.6) is 17.2 Å². The normalized spacial score (nSPS) is 16.8. The molecule has 0 N–H and O–H groups in total. The van der Waals surface area contributed by atoms with Gasteiger partial charge in [0.2, 0.25) is 5.91 Å². The third-order valence-electron chi connectivity index (χ3n) is 4.16. The summed E-state index contributed by atoms with van der Waals surface area (Å²) in [4.78, 5) is 14.3. The topological polar surface area (TPSA) is 48.0 Å². The molecule has 6 heteroatoms. The molecule has 1 atom stereocenters. The Balaban J connectivity index is 1.92. The first-order valence-corrected chi connectivity index (χ1v) is 8.97. The van der Waals surface area contributed by atoms with Crippen LogP contribution in [0, 0.1) is 0 Å². The van der Waals surface area contributed by atoms with E-state index in [9.17, 15) is 4.79 Å². The van der Waals surface area contributed by atoms with E-state index in [4.69, 9.17) is 14.2 Å². The lowest BCUT2D eigenvalue weighted by atomic mass is 10.1. The van der Waals surface area contributed by atoms with Crippen LogP contribution in [0.15, 0.2) is 42.5 Å². The largest absolute Gasteiger partial charge is 0.497 e. The molecule has 25 heavy (non-hydrogen) atoms. The van der Waals surface area contributed by atoms with Crippen LogP contribution in [0.25, 0.3) is 0 Å². The number of rotatable bonds is 6. The second kappa shape index (κ2) is 7.70. The van der Waals surface area contributed by atoms with Crippen LogP contribution in [-0.2, 0) is 11.3 Å². The lowest BCUT2D eigenvalue weighted by Crippen LogP contribution is -2.27. The average Bonchev–Trinajstić information content (AvgIpc) is 3.02. The number of ether oxygens (including phenoxy) is 3. The van der Waals surface area contributed by atoms with Crippen LogP contribution in [0.1, 0.15) is 16.5 Å². The fraction of sp³-hybridized carbons (Fsp3) is 0.316. The Bertz CT molecular complexity index is 743. The van der Waals surface area contributed by atoms with E-state index in [0.29, 0.717) is 23.8 Å². The standard InChI is InChI=1S/C19H21NO4S/c1-22-15-8-14(9-16(10-15)23-2)19-20(18(21)12-25-19)11-13-6-4-5-7-17(13)24-3/h4-10,19H,11-12H2,1-3H3. The number of thioether (sulfide) groups is 1. The molecule has 3 rings (SSSR count). The van der Waals surface area contributed by atoms with E-state index < -0.39 is 0 Å². The molecule has 1 unspecified atom stereocenters. The van der Waals surface area contributed by atoms with Gasteiger partial charge in [0.15, 0.2) is 0 Å². The van der Waals surface area contributed by atoms with Gasteiger partial charge in [-0.25, -0.2) is 0 Å². The molecule has 2 aromatic rings. The Morgan fingerprint density at radius 2 is 1.72 bits per heavy atom. The number of nitrogens with zero attached hydrogens (tertiary/aromatic N) is 1. The van der Waals surface area contributed by atoms with Gasteiger partial charge >= 0.3 is 0 Å². The molecule has 0 radical (unpaired) electrons. The lowest BCUT2D eigenvalue weighted by molar-refractivity contribution is -0.128. The van der Waals surface area contributed by atoms with Crippen LogP contribution in [0.2, 0.25) is 0 Å². The Kier molecular flexibility index (Phi) is 5.38. The molecule has 1 fully saturated rings. The first kappa shape index (κ1) is 17.5. The zero-order valence-electron chi connectivity index (χ0n) is 14.5. The Morgan fingerprint density at radius 3 is 2.36 bits per heavy atom. The Labute approximate surface area is 151 Å². The second-order valence-corrected chi connectivity index (χ2v) is 6.71. The Morgan fingerprint density at radius 1 is 1.04 bits per heavy atom. The molecule has 0 spiro atoms. The van der Waals surface area contributed by atoms with Crippen LogP contribution in [0.4, 0.5) is 0 Å². The summed E-state index contributed by atoms with van der Waals surface area (Å²) in [7, 11) is 4.89. The van der Waals surface area contributed by atoms with Crippen LogP contribution >= 0.6 is 11.8 Å². The van der Waals surface area contributed by atoms with Crippen molar-refractivity contribution in [2.75, 3.05) is 27.1 Å². The number of hydrogen-bond acceptors (Lipinski definition) is 5. The number of carbonyl (C=O) groups is 1. The lowest BCUT2D eigenvalue weighted by Gasteiger charge is -2.25. The summed E-state index contributed by atoms with van der Waals surface area (Å²) in [6.45, 7) is 0.500. The van der Waals surface area contributed by atoms with Gasteiger partial charge < -0.3 is 19.1 Å². The van der Waals surface area contributed by atoms with Gasteiger partial charge in [-0.1, -0.05) is 18.2 Å². The molecule has 1 aliphatic heterocycles. The fourth-order valence-electron chi connectivity index (χ4n) is 2.89. The minimum atomic E-state index is -0.0820. The van der Waals surface area contributed by atoms with Gasteiger partial charge in [-0.2, -0.15) is 0 Å². The Hall–Kier alpha value is -2.34. The van der Waals surface area contributed by atoms with Crippen molar-refractivity contribution in [1.29, 1.82) is 0 Å². The highest BCUT2D eigenvalue weighted by Crippen LogP contribution is 2.42. The molecule has 0 aliphatic carbocycles. The maximum absolute atomic E-state index is 12.5. The third kappa shape index (κ3) is 3.69. The summed E-state index contributed by atoms with van der Waals surface area (Å²) in [6, 6.07) is 13.5. The maximum atomic E-state index is 12.5.